The average Bonchev–Trinajstić information content (AvgIpc) is 2.81. The van der Waals surface area contributed by atoms with E-state index in [1.165, 1.54) is 12.1 Å². The average molecular weight is 269 g/mol. The number of hydrogen-bond donors (Lipinski definition) is 2. The van der Waals surface area contributed by atoms with Crippen LogP contribution in [-0.4, -0.2) is 15.9 Å². The molecular weight excluding hydrogens is 257 g/mol. The summed E-state index contributed by atoms with van der Waals surface area (Å²) in [5.74, 6) is -0.121. The third-order valence-corrected chi connectivity index (χ3v) is 3.00. The Bertz CT molecular complexity index is 795. The number of para-hydroxylation sites is 2. The predicted octanol–water partition coefficient (Wildman–Crippen LogP) is 3.26. The van der Waals surface area contributed by atoms with Gasteiger partial charge < -0.3 is 10.3 Å². The van der Waals surface area contributed by atoms with E-state index >= 15 is 0 Å². The second-order valence-electron chi connectivity index (χ2n) is 4.46. The fourth-order valence-corrected chi connectivity index (χ4v) is 2.09. The van der Waals surface area contributed by atoms with E-state index in [9.17, 15) is 9.18 Å². The van der Waals surface area contributed by atoms with Crippen LogP contribution in [0.2, 0.25) is 0 Å². The van der Waals surface area contributed by atoms with Crippen molar-refractivity contribution >= 4 is 22.6 Å². The molecule has 0 spiro atoms. The number of anilines is 1. The molecule has 2 aromatic carbocycles. The number of carbonyl (C=O) groups excluding carboxylic acids is 1. The zero-order chi connectivity index (χ0) is 14.1. The topological polar surface area (TPSA) is 57.8 Å². The fourth-order valence-electron chi connectivity index (χ4n) is 2.09. The van der Waals surface area contributed by atoms with Gasteiger partial charge in [0.2, 0.25) is 0 Å². The van der Waals surface area contributed by atoms with Crippen molar-refractivity contribution in [2.75, 3.05) is 5.32 Å². The van der Waals surface area contributed by atoms with Gasteiger partial charge in [0.25, 0.3) is 5.91 Å². The Kier molecular flexibility index (Phi) is 2.95. The van der Waals surface area contributed by atoms with Crippen molar-refractivity contribution in [3.8, 4) is 0 Å². The van der Waals surface area contributed by atoms with Crippen molar-refractivity contribution in [3.63, 3.8) is 0 Å². The largest absolute Gasteiger partial charge is 0.342 e. The number of nitrogens with zero attached hydrogens (tertiary/aromatic N) is 1. The lowest BCUT2D eigenvalue weighted by Crippen LogP contribution is -2.13. The summed E-state index contributed by atoms with van der Waals surface area (Å²) in [7, 11) is 0. The minimum absolute atomic E-state index is 0.154. The molecule has 1 heterocycles. The molecule has 0 saturated carbocycles. The van der Waals surface area contributed by atoms with Crippen LogP contribution in [0.25, 0.3) is 11.0 Å². The number of benzene rings is 2. The Hall–Kier alpha value is -2.69. The van der Waals surface area contributed by atoms with Gasteiger partial charge in [-0.05, 0) is 31.2 Å². The molecule has 0 radical (unpaired) electrons. The van der Waals surface area contributed by atoms with Gasteiger partial charge in [0, 0.05) is 0 Å². The number of rotatable bonds is 2. The van der Waals surface area contributed by atoms with Crippen LogP contribution in [0, 0.1) is 12.7 Å². The number of amides is 1. The van der Waals surface area contributed by atoms with Gasteiger partial charge >= 0.3 is 0 Å². The highest BCUT2D eigenvalue weighted by molar-refractivity contribution is 6.11. The lowest BCUT2D eigenvalue weighted by molar-refractivity contribution is 0.102. The van der Waals surface area contributed by atoms with E-state index in [1.54, 1.807) is 24.3 Å². The molecule has 0 aliphatic carbocycles. The highest BCUT2D eigenvalue weighted by Gasteiger charge is 2.14. The van der Waals surface area contributed by atoms with Crippen molar-refractivity contribution in [2.45, 2.75) is 6.92 Å². The second-order valence-corrected chi connectivity index (χ2v) is 4.46. The molecule has 0 saturated heterocycles. The van der Waals surface area contributed by atoms with Gasteiger partial charge in [-0.25, -0.2) is 9.37 Å². The predicted molar refractivity (Wildman–Crippen MR) is 75.2 cm³/mol. The first-order chi connectivity index (χ1) is 9.65. The summed E-state index contributed by atoms with van der Waals surface area (Å²) in [5, 5.41) is 2.56. The van der Waals surface area contributed by atoms with Crippen molar-refractivity contribution in [2.24, 2.45) is 0 Å². The van der Waals surface area contributed by atoms with E-state index < -0.39 is 5.82 Å². The molecule has 0 fully saturated rings. The quantitative estimate of drug-likeness (QED) is 0.750. The van der Waals surface area contributed by atoms with Crippen LogP contribution >= 0.6 is 0 Å². The molecule has 3 rings (SSSR count). The Labute approximate surface area is 114 Å². The Morgan fingerprint density at radius 1 is 1.20 bits per heavy atom. The zero-order valence-corrected chi connectivity index (χ0v) is 10.8. The van der Waals surface area contributed by atoms with Crippen LogP contribution in [0.3, 0.4) is 0 Å². The van der Waals surface area contributed by atoms with Crippen LogP contribution < -0.4 is 5.32 Å². The van der Waals surface area contributed by atoms with Gasteiger partial charge in [-0.15, -0.1) is 0 Å². The molecule has 0 aliphatic rings. The van der Waals surface area contributed by atoms with Gasteiger partial charge in [0.05, 0.1) is 16.8 Å². The molecular formula is C15H12FN3O. The minimum Gasteiger partial charge on any atom is -0.342 e. The number of H-pyrrole nitrogens is 1. The maximum absolute atomic E-state index is 13.5. The first kappa shape index (κ1) is 12.3. The number of hydrogen-bond acceptors (Lipinski definition) is 2. The molecule has 0 atom stereocenters. The summed E-state index contributed by atoms with van der Waals surface area (Å²) < 4.78 is 13.5. The van der Waals surface area contributed by atoms with Crippen molar-refractivity contribution in [1.29, 1.82) is 0 Å². The van der Waals surface area contributed by atoms with Gasteiger partial charge in [0.15, 0.2) is 0 Å². The third kappa shape index (κ3) is 2.14. The molecule has 3 aromatic rings. The van der Waals surface area contributed by atoms with E-state index in [2.05, 4.69) is 15.3 Å². The fraction of sp³-hybridized carbons (Fsp3) is 0.0667. The Morgan fingerprint density at radius 2 is 2.00 bits per heavy atom. The van der Waals surface area contributed by atoms with E-state index in [4.69, 9.17) is 0 Å². The molecule has 2 N–H and O–H groups in total. The number of halogens is 1. The molecule has 4 nitrogen and oxygen atoms in total. The van der Waals surface area contributed by atoms with Gasteiger partial charge in [0.1, 0.15) is 17.2 Å². The number of imidazole rings is 1. The van der Waals surface area contributed by atoms with E-state index in [1.807, 2.05) is 13.0 Å². The highest BCUT2D eigenvalue weighted by Crippen LogP contribution is 2.19. The lowest BCUT2D eigenvalue weighted by Gasteiger charge is -2.06. The zero-order valence-electron chi connectivity index (χ0n) is 10.8. The summed E-state index contributed by atoms with van der Waals surface area (Å²) in [4.78, 5) is 19.6. The number of aromatic nitrogens is 2. The van der Waals surface area contributed by atoms with Crippen LogP contribution in [0.5, 0.6) is 0 Å². The maximum atomic E-state index is 13.5. The van der Waals surface area contributed by atoms with Crippen LogP contribution in [0.15, 0.2) is 42.5 Å². The molecule has 0 unspecified atom stereocenters. The Balaban J connectivity index is 1.99. The first-order valence-corrected chi connectivity index (χ1v) is 6.16. The standard InChI is InChI=1S/C15H12FN3O/c1-9-17-13-8-4-5-10(14(13)18-9)15(20)19-12-7-3-2-6-11(12)16/h2-8H,1H3,(H,17,18)(H,19,20). The number of fused-ring (bicyclic) bond motifs is 1. The van der Waals surface area contributed by atoms with E-state index in [-0.39, 0.29) is 11.6 Å². The second kappa shape index (κ2) is 4.77. The SMILES string of the molecule is Cc1nc2c(C(=O)Nc3ccccc3F)cccc2[nH]1. The maximum Gasteiger partial charge on any atom is 0.258 e. The third-order valence-electron chi connectivity index (χ3n) is 3.00. The number of aromatic amines is 1. The number of carbonyl (C=O) groups is 1. The van der Waals surface area contributed by atoms with Gasteiger partial charge in [-0.1, -0.05) is 18.2 Å². The van der Waals surface area contributed by atoms with Crippen molar-refractivity contribution in [1.82, 2.24) is 9.97 Å². The van der Waals surface area contributed by atoms with Crippen LogP contribution in [0.1, 0.15) is 16.2 Å². The summed E-state index contributed by atoms with van der Waals surface area (Å²) in [5.41, 5.74) is 1.93. The molecule has 1 aromatic heterocycles. The molecule has 100 valence electrons. The Morgan fingerprint density at radius 3 is 2.80 bits per heavy atom. The lowest BCUT2D eigenvalue weighted by atomic mass is 10.1. The van der Waals surface area contributed by atoms with Crippen molar-refractivity contribution < 1.29 is 9.18 Å². The molecule has 0 aliphatic heterocycles. The van der Waals surface area contributed by atoms with Crippen LogP contribution in [-0.2, 0) is 0 Å². The number of aryl methyl sites for hydroxylation is 1. The number of nitrogens with one attached hydrogen (secondary N) is 2. The summed E-state index contributed by atoms with van der Waals surface area (Å²) in [6, 6.07) is 11.3. The van der Waals surface area contributed by atoms with E-state index in [0.29, 0.717) is 11.1 Å². The van der Waals surface area contributed by atoms with Crippen LogP contribution in [0.4, 0.5) is 10.1 Å². The molecule has 5 heteroatoms. The van der Waals surface area contributed by atoms with E-state index in [0.717, 1.165) is 11.3 Å². The summed E-state index contributed by atoms with van der Waals surface area (Å²) in [6.45, 7) is 1.82. The summed E-state index contributed by atoms with van der Waals surface area (Å²) >= 11 is 0. The van der Waals surface area contributed by atoms with Crippen molar-refractivity contribution in [3.05, 3.63) is 59.7 Å². The molecule has 20 heavy (non-hydrogen) atoms. The highest BCUT2D eigenvalue weighted by atomic mass is 19.1. The smallest absolute Gasteiger partial charge is 0.258 e. The minimum atomic E-state index is -0.466. The molecule has 1 amide bonds. The first-order valence-electron chi connectivity index (χ1n) is 6.16. The normalized spacial score (nSPS) is 10.7. The van der Waals surface area contributed by atoms with Gasteiger partial charge in [-0.3, -0.25) is 4.79 Å². The van der Waals surface area contributed by atoms with Gasteiger partial charge in [-0.2, -0.15) is 0 Å². The molecule has 0 bridgehead atoms. The summed E-state index contributed by atoms with van der Waals surface area (Å²) in [6.07, 6.45) is 0. The monoisotopic (exact) mass is 269 g/mol.